The second-order valence-electron chi connectivity index (χ2n) is 0.141. The molecule has 0 unspecified atom stereocenters. The topological polar surface area (TPSA) is 185 Å². The first-order valence-electron chi connectivity index (χ1n) is 1.08. The molecule has 0 amide bonds. The van der Waals surface area contributed by atoms with E-state index in [2.05, 4.69) is 0 Å². The molecular formula is H17AlO7Si2-. The van der Waals surface area contributed by atoms with Gasteiger partial charge in [-0.15, -0.1) is 0 Å². The van der Waals surface area contributed by atoms with Gasteiger partial charge in [-0.3, -0.25) is 0 Å². The minimum Gasteiger partial charge on any atom is -0.870 e. The van der Waals surface area contributed by atoms with Crippen LogP contribution in [0.2, 0.25) is 0 Å². The number of hydrogen-bond donors (Lipinski definition) is 3. The van der Waals surface area contributed by atoms with Crippen molar-refractivity contribution in [3.8, 4) is 0 Å². The van der Waals surface area contributed by atoms with Crippen LogP contribution in [0.5, 0.6) is 0 Å². The van der Waals surface area contributed by atoms with Crippen molar-refractivity contribution in [1.29, 1.82) is 0 Å². The number of hydrogen-bond acceptors (Lipinski definition) is 4. The predicted octanol–water partition coefficient (Wildman–Crippen LogP) is -7.34. The minimum atomic E-state index is -1.58. The molecule has 0 atom stereocenters. The van der Waals surface area contributed by atoms with Gasteiger partial charge in [-0.1, -0.05) is 0 Å². The van der Waals surface area contributed by atoms with Gasteiger partial charge in [-0.25, -0.2) is 0 Å². The highest BCUT2D eigenvalue weighted by Gasteiger charge is 1.40. The van der Waals surface area contributed by atoms with Crippen LogP contribution in [0.15, 0.2) is 0 Å². The van der Waals surface area contributed by atoms with Gasteiger partial charge in [0.2, 0.25) is 0 Å². The standard InChI is InChI=1S/Al.H4O2Si.H4OSi.4H2O.2H/c;1-3-2;1-2;;;;;;/h;1-2H,3H2;1H,2H3;4*1H2;;/p-1. The third kappa shape index (κ3) is 1090. The summed E-state index contributed by atoms with van der Waals surface area (Å²) in [5.74, 6) is 0. The van der Waals surface area contributed by atoms with Gasteiger partial charge in [0, 0.05) is 0 Å². The first-order valence-corrected chi connectivity index (χ1v) is 3.24. The van der Waals surface area contributed by atoms with E-state index in [4.69, 9.17) is 14.4 Å². The first-order chi connectivity index (χ1) is 2.41. The summed E-state index contributed by atoms with van der Waals surface area (Å²) >= 11 is 0. The smallest absolute Gasteiger partial charge is 0.299 e. The van der Waals surface area contributed by atoms with E-state index in [1.165, 1.54) is 0 Å². The predicted molar refractivity (Wildman–Crippen MR) is 46.5 cm³/mol. The lowest BCUT2D eigenvalue weighted by Crippen LogP contribution is -1.75. The molecule has 10 N–H and O–H groups in total. The summed E-state index contributed by atoms with van der Waals surface area (Å²) in [4.78, 5) is 21.7. The third-order valence-electron chi connectivity index (χ3n) is 0. The number of rotatable bonds is 0. The van der Waals surface area contributed by atoms with Crippen LogP contribution in [0.25, 0.3) is 0 Å². The molecule has 0 aliphatic carbocycles. The van der Waals surface area contributed by atoms with Crippen molar-refractivity contribution in [1.82, 2.24) is 0 Å². The molecule has 0 bridgehead atoms. The van der Waals surface area contributed by atoms with E-state index in [1.807, 2.05) is 0 Å². The lowest BCUT2D eigenvalue weighted by molar-refractivity contribution is 0.448. The maximum Gasteiger partial charge on any atom is 0.299 e. The summed E-state index contributed by atoms with van der Waals surface area (Å²) in [5.41, 5.74) is 0. The third-order valence-corrected chi connectivity index (χ3v) is 0. The highest BCUT2D eigenvalue weighted by Crippen LogP contribution is 1.08. The quantitative estimate of drug-likeness (QED) is 0.337. The largest absolute Gasteiger partial charge is 0.870 e. The second kappa shape index (κ2) is 257. The highest BCUT2D eigenvalue weighted by molar-refractivity contribution is 6.13. The Balaban J connectivity index is -0.00000000246. The lowest BCUT2D eigenvalue weighted by Gasteiger charge is -1.52. The van der Waals surface area contributed by atoms with Crippen LogP contribution in [0.1, 0.15) is 0 Å². The average Bonchev–Trinajstić information content (AvgIpc) is 1.46. The van der Waals surface area contributed by atoms with E-state index >= 15 is 0 Å². The maximum atomic E-state index is 7.26. The van der Waals surface area contributed by atoms with Crippen molar-refractivity contribution >= 4 is 37.9 Å². The summed E-state index contributed by atoms with van der Waals surface area (Å²) in [6, 6.07) is 0. The van der Waals surface area contributed by atoms with Crippen molar-refractivity contribution in [2.75, 3.05) is 0 Å². The van der Waals surface area contributed by atoms with E-state index in [0.717, 1.165) is 0 Å². The summed E-state index contributed by atoms with van der Waals surface area (Å²) in [5, 5.41) is 0. The summed E-state index contributed by atoms with van der Waals surface area (Å²) in [6.07, 6.45) is 0. The molecule has 0 aromatic carbocycles. The molecule has 0 fully saturated rings. The maximum absolute atomic E-state index is 7.26. The zero-order chi connectivity index (χ0) is 4.71. The van der Waals surface area contributed by atoms with Gasteiger partial charge in [-0.2, -0.15) is 0 Å². The van der Waals surface area contributed by atoms with Gasteiger partial charge in [-0.05, 0) is 0 Å². The Labute approximate surface area is 74.7 Å². The van der Waals surface area contributed by atoms with Crippen molar-refractivity contribution in [2.45, 2.75) is 0 Å². The molecule has 0 aliphatic rings. The van der Waals surface area contributed by atoms with Gasteiger partial charge in [0.05, 0.1) is 0 Å². The van der Waals surface area contributed by atoms with Crippen molar-refractivity contribution in [3.63, 3.8) is 0 Å². The second-order valence-corrected chi connectivity index (χ2v) is 0.424. The molecule has 0 spiro atoms. The Hall–Kier alpha value is 0.686. The zero-order valence-corrected chi connectivity index (χ0v) is 11.4. The molecule has 0 saturated heterocycles. The van der Waals surface area contributed by atoms with E-state index < -0.39 is 10.0 Å². The Morgan fingerprint density at radius 1 is 0.900 bits per heavy atom. The molecule has 0 saturated carbocycles. The molecule has 0 aromatic heterocycles. The Kier molecular flexibility index (Phi) is 1900. The Morgan fingerprint density at radius 3 is 0.900 bits per heavy atom. The monoisotopic (exact) mass is 212 g/mol. The van der Waals surface area contributed by atoms with Crippen LogP contribution in [0.3, 0.4) is 0 Å². The van der Waals surface area contributed by atoms with Crippen LogP contribution >= 0.6 is 0 Å². The average molecular weight is 212 g/mol. The van der Waals surface area contributed by atoms with E-state index in [0.29, 0.717) is 10.5 Å². The minimum absolute atomic E-state index is 0. The van der Waals surface area contributed by atoms with Crippen molar-refractivity contribution in [3.05, 3.63) is 0 Å². The fourth-order valence-corrected chi connectivity index (χ4v) is 0. The highest BCUT2D eigenvalue weighted by atomic mass is 28.2. The van der Waals surface area contributed by atoms with Crippen LogP contribution in [0.4, 0.5) is 0 Å². The molecule has 71 valence electrons. The molecule has 10 heavy (non-hydrogen) atoms. The molecule has 0 rings (SSSR count). The van der Waals surface area contributed by atoms with Gasteiger partial charge in [0.25, 0.3) is 10.0 Å². The molecule has 0 aromatic rings. The van der Waals surface area contributed by atoms with Crippen molar-refractivity contribution < 1.29 is 36.3 Å². The normalized spacial score (nSPS) is 2.70. The van der Waals surface area contributed by atoms with E-state index in [1.54, 1.807) is 0 Å². The zero-order valence-electron chi connectivity index (χ0n) is 6.00. The fourth-order valence-electron chi connectivity index (χ4n) is 0. The van der Waals surface area contributed by atoms with Crippen LogP contribution in [-0.2, 0) is 0 Å². The van der Waals surface area contributed by atoms with E-state index in [-0.39, 0.29) is 39.3 Å². The Morgan fingerprint density at radius 2 is 0.900 bits per heavy atom. The van der Waals surface area contributed by atoms with Crippen LogP contribution < -0.4 is 0 Å². The van der Waals surface area contributed by atoms with E-state index in [9.17, 15) is 0 Å². The van der Waals surface area contributed by atoms with Gasteiger partial charge in [0.1, 0.15) is 27.8 Å². The molecule has 0 aliphatic heterocycles. The Bertz CT molecular complexity index is 11.6. The summed E-state index contributed by atoms with van der Waals surface area (Å²) < 4.78 is 0. The molecule has 7 nitrogen and oxygen atoms in total. The fraction of sp³-hybridized carbons (Fsp3) is 0. The summed E-state index contributed by atoms with van der Waals surface area (Å²) in [7, 11) is -1.28. The molecule has 10 heteroatoms. The van der Waals surface area contributed by atoms with Crippen LogP contribution in [0, 0.1) is 0 Å². The van der Waals surface area contributed by atoms with Gasteiger partial charge < -0.3 is 36.3 Å². The van der Waals surface area contributed by atoms with Crippen LogP contribution in [-0.4, -0.2) is 74.1 Å². The lowest BCUT2D eigenvalue weighted by atomic mass is 15.8. The molecular weight excluding hydrogens is 195 g/mol. The molecule has 0 heterocycles. The van der Waals surface area contributed by atoms with Crippen molar-refractivity contribution in [2.24, 2.45) is 0 Å². The SMILES string of the molecule is O.O.O.O[SiH2]O.O[SiH3].[AlH2].[OH-]. The van der Waals surface area contributed by atoms with Gasteiger partial charge in [0.15, 0.2) is 0 Å². The molecule has 1 radical (unpaired) electrons. The first kappa shape index (κ1) is 73.8. The van der Waals surface area contributed by atoms with Gasteiger partial charge >= 0.3 is 0 Å². The summed E-state index contributed by atoms with van der Waals surface area (Å²) in [6.45, 7) is 0.